The molecule has 1 aliphatic heterocycles. The quantitative estimate of drug-likeness (QED) is 0.792. The largest absolute Gasteiger partial charge is 0.347 e. The smallest absolute Gasteiger partial charge is 0.244 e. The molecule has 2 N–H and O–H groups in total. The highest BCUT2D eigenvalue weighted by molar-refractivity contribution is 5.90. The van der Waals surface area contributed by atoms with E-state index in [0.29, 0.717) is 6.54 Å². The Bertz CT molecular complexity index is 317. The summed E-state index contributed by atoms with van der Waals surface area (Å²) in [7, 11) is 3.44. The molecule has 0 aromatic rings. The van der Waals surface area contributed by atoms with Crippen LogP contribution in [0.3, 0.4) is 0 Å². The normalized spacial score (nSPS) is 22.7. The maximum absolute atomic E-state index is 12.3. The average molecular weight is 255 g/mol. The first-order valence-electron chi connectivity index (χ1n) is 6.67. The van der Waals surface area contributed by atoms with Gasteiger partial charge in [-0.15, -0.1) is 0 Å². The van der Waals surface area contributed by atoms with E-state index in [4.69, 9.17) is 5.73 Å². The molecule has 0 aliphatic carbocycles. The van der Waals surface area contributed by atoms with Gasteiger partial charge in [0.05, 0.1) is 6.04 Å². The lowest BCUT2D eigenvalue weighted by Gasteiger charge is -2.30. The van der Waals surface area contributed by atoms with E-state index in [1.807, 2.05) is 13.8 Å². The second kappa shape index (κ2) is 6.18. The number of nitrogens with two attached hydrogens (primary N) is 1. The Morgan fingerprint density at radius 3 is 2.56 bits per heavy atom. The second-order valence-electron chi connectivity index (χ2n) is 5.33. The topological polar surface area (TPSA) is 66.6 Å². The predicted molar refractivity (Wildman–Crippen MR) is 70.9 cm³/mol. The number of amides is 2. The Morgan fingerprint density at radius 2 is 2.06 bits per heavy atom. The third-order valence-electron chi connectivity index (χ3n) is 3.80. The van der Waals surface area contributed by atoms with Crippen molar-refractivity contribution in [3.8, 4) is 0 Å². The zero-order chi connectivity index (χ0) is 13.9. The molecule has 18 heavy (non-hydrogen) atoms. The van der Waals surface area contributed by atoms with Crippen LogP contribution in [0.15, 0.2) is 0 Å². The van der Waals surface area contributed by atoms with Crippen molar-refractivity contribution in [2.24, 2.45) is 11.7 Å². The number of likely N-dealkylation sites (N-methyl/N-ethyl adjacent to an activating group) is 1. The van der Waals surface area contributed by atoms with Crippen LogP contribution in [-0.4, -0.2) is 54.3 Å². The number of carbonyl (C=O) groups excluding carboxylic acids is 2. The number of hydrogen-bond acceptors (Lipinski definition) is 3. The fourth-order valence-corrected chi connectivity index (χ4v) is 2.27. The summed E-state index contributed by atoms with van der Waals surface area (Å²) in [5.41, 5.74) is 5.97. The minimum absolute atomic E-state index is 0.00259. The molecule has 1 rings (SSSR count). The molecule has 0 aromatic carbocycles. The average Bonchev–Trinajstić information content (AvgIpc) is 2.83. The van der Waals surface area contributed by atoms with E-state index in [1.165, 1.54) is 0 Å². The molecule has 5 nitrogen and oxygen atoms in total. The monoisotopic (exact) mass is 255 g/mol. The lowest BCUT2D eigenvalue weighted by Crippen LogP contribution is -2.52. The highest BCUT2D eigenvalue weighted by Gasteiger charge is 2.37. The van der Waals surface area contributed by atoms with Crippen molar-refractivity contribution in [3.05, 3.63) is 0 Å². The zero-order valence-electron chi connectivity index (χ0n) is 11.8. The van der Waals surface area contributed by atoms with Crippen LogP contribution < -0.4 is 5.73 Å². The van der Waals surface area contributed by atoms with Crippen molar-refractivity contribution >= 4 is 11.8 Å². The number of carbonyl (C=O) groups is 2. The molecule has 1 fully saturated rings. The van der Waals surface area contributed by atoms with Crippen molar-refractivity contribution in [2.75, 3.05) is 20.6 Å². The lowest BCUT2D eigenvalue weighted by atomic mass is 9.98. The lowest BCUT2D eigenvalue weighted by molar-refractivity contribution is -0.143. The van der Waals surface area contributed by atoms with Crippen LogP contribution in [0, 0.1) is 5.92 Å². The number of nitrogens with zero attached hydrogens (tertiary/aromatic N) is 2. The van der Waals surface area contributed by atoms with Crippen LogP contribution in [0.5, 0.6) is 0 Å². The van der Waals surface area contributed by atoms with Gasteiger partial charge in [-0.2, -0.15) is 0 Å². The van der Waals surface area contributed by atoms with Crippen LogP contribution in [0.25, 0.3) is 0 Å². The summed E-state index contributed by atoms with van der Waals surface area (Å²) in [6.45, 7) is 4.64. The fraction of sp³-hybridized carbons (Fsp3) is 0.846. The SMILES string of the molecule is CCC(C)C(N)C(=O)N1CCCC1C(=O)N(C)C. The van der Waals surface area contributed by atoms with Gasteiger partial charge in [0.1, 0.15) is 6.04 Å². The summed E-state index contributed by atoms with van der Waals surface area (Å²) in [6, 6.07) is -0.812. The third-order valence-corrected chi connectivity index (χ3v) is 3.80. The summed E-state index contributed by atoms with van der Waals surface area (Å²) in [5, 5.41) is 0. The van der Waals surface area contributed by atoms with E-state index in [9.17, 15) is 9.59 Å². The van der Waals surface area contributed by atoms with E-state index < -0.39 is 6.04 Å². The number of likely N-dealkylation sites (tertiary alicyclic amines) is 1. The van der Waals surface area contributed by atoms with E-state index in [2.05, 4.69) is 0 Å². The van der Waals surface area contributed by atoms with E-state index in [-0.39, 0.29) is 23.8 Å². The van der Waals surface area contributed by atoms with Crippen LogP contribution in [-0.2, 0) is 9.59 Å². The van der Waals surface area contributed by atoms with Crippen molar-refractivity contribution in [1.82, 2.24) is 9.80 Å². The Labute approximate surface area is 109 Å². The van der Waals surface area contributed by atoms with Gasteiger partial charge in [-0.1, -0.05) is 20.3 Å². The van der Waals surface area contributed by atoms with E-state index >= 15 is 0 Å². The molecule has 0 saturated carbocycles. The highest BCUT2D eigenvalue weighted by atomic mass is 16.2. The second-order valence-corrected chi connectivity index (χ2v) is 5.33. The molecule has 0 spiro atoms. The fourth-order valence-electron chi connectivity index (χ4n) is 2.27. The molecule has 0 radical (unpaired) electrons. The summed E-state index contributed by atoms with van der Waals surface area (Å²) < 4.78 is 0. The Balaban J connectivity index is 2.75. The highest BCUT2D eigenvalue weighted by Crippen LogP contribution is 2.21. The maximum Gasteiger partial charge on any atom is 0.244 e. The standard InChI is InChI=1S/C13H25N3O2/c1-5-9(2)11(14)13(18)16-8-6-7-10(16)12(17)15(3)4/h9-11H,5-8,14H2,1-4H3. The first-order valence-corrected chi connectivity index (χ1v) is 6.67. The zero-order valence-corrected chi connectivity index (χ0v) is 11.8. The van der Waals surface area contributed by atoms with Crippen molar-refractivity contribution < 1.29 is 9.59 Å². The van der Waals surface area contributed by atoms with Crippen molar-refractivity contribution in [1.29, 1.82) is 0 Å². The van der Waals surface area contributed by atoms with Gasteiger partial charge in [0.25, 0.3) is 0 Å². The molecule has 3 atom stereocenters. The van der Waals surface area contributed by atoms with E-state index in [0.717, 1.165) is 19.3 Å². The molecule has 2 amide bonds. The summed E-state index contributed by atoms with van der Waals surface area (Å²) >= 11 is 0. The Kier molecular flexibility index (Phi) is 5.14. The van der Waals surface area contributed by atoms with Crippen LogP contribution >= 0.6 is 0 Å². The van der Waals surface area contributed by atoms with Gasteiger partial charge >= 0.3 is 0 Å². The van der Waals surface area contributed by atoms with Crippen LogP contribution in [0.4, 0.5) is 0 Å². The summed E-state index contributed by atoms with van der Waals surface area (Å²) in [5.74, 6) is 0.0625. The van der Waals surface area contributed by atoms with Crippen LogP contribution in [0.1, 0.15) is 33.1 Å². The minimum atomic E-state index is -0.495. The van der Waals surface area contributed by atoms with Gasteiger partial charge in [0.15, 0.2) is 0 Å². The molecular formula is C13H25N3O2. The maximum atomic E-state index is 12.3. The number of rotatable bonds is 4. The summed E-state index contributed by atoms with van der Waals surface area (Å²) in [4.78, 5) is 27.5. The first kappa shape index (κ1) is 15.0. The summed E-state index contributed by atoms with van der Waals surface area (Å²) in [6.07, 6.45) is 2.49. The minimum Gasteiger partial charge on any atom is -0.347 e. The number of hydrogen-bond donors (Lipinski definition) is 1. The van der Waals surface area contributed by atoms with E-state index in [1.54, 1.807) is 23.9 Å². The Morgan fingerprint density at radius 1 is 1.44 bits per heavy atom. The molecular weight excluding hydrogens is 230 g/mol. The molecule has 1 saturated heterocycles. The van der Waals surface area contributed by atoms with Crippen molar-refractivity contribution in [3.63, 3.8) is 0 Å². The van der Waals surface area contributed by atoms with Gasteiger partial charge in [-0.25, -0.2) is 0 Å². The molecule has 5 heteroatoms. The van der Waals surface area contributed by atoms with Gasteiger partial charge < -0.3 is 15.5 Å². The Hall–Kier alpha value is -1.10. The van der Waals surface area contributed by atoms with Crippen LogP contribution in [0.2, 0.25) is 0 Å². The van der Waals surface area contributed by atoms with Gasteiger partial charge in [-0.05, 0) is 18.8 Å². The van der Waals surface area contributed by atoms with Gasteiger partial charge in [0, 0.05) is 20.6 Å². The first-order chi connectivity index (χ1) is 8.40. The van der Waals surface area contributed by atoms with Gasteiger partial charge in [0.2, 0.25) is 11.8 Å². The van der Waals surface area contributed by atoms with Crippen molar-refractivity contribution in [2.45, 2.75) is 45.2 Å². The van der Waals surface area contributed by atoms with Gasteiger partial charge in [-0.3, -0.25) is 9.59 Å². The molecule has 104 valence electrons. The molecule has 0 bridgehead atoms. The molecule has 3 unspecified atom stereocenters. The molecule has 0 aromatic heterocycles. The molecule has 1 aliphatic rings. The third kappa shape index (κ3) is 3.02. The molecule has 1 heterocycles. The predicted octanol–water partition coefficient (Wildman–Crippen LogP) is 0.439.